The van der Waals surface area contributed by atoms with Crippen molar-refractivity contribution in [2.75, 3.05) is 0 Å². The lowest BCUT2D eigenvalue weighted by atomic mass is 10.2. The number of para-hydroxylation sites is 1. The van der Waals surface area contributed by atoms with Crippen molar-refractivity contribution in [1.82, 2.24) is 10.3 Å². The van der Waals surface area contributed by atoms with Gasteiger partial charge < -0.3 is 9.73 Å². The van der Waals surface area contributed by atoms with Crippen molar-refractivity contribution in [2.24, 2.45) is 0 Å². The van der Waals surface area contributed by atoms with Gasteiger partial charge in [-0.05, 0) is 31.4 Å². The molecule has 0 unspecified atom stereocenters. The van der Waals surface area contributed by atoms with Crippen LogP contribution in [0.3, 0.4) is 0 Å². The van der Waals surface area contributed by atoms with Gasteiger partial charge in [0.15, 0.2) is 5.58 Å². The van der Waals surface area contributed by atoms with Crippen LogP contribution in [-0.2, 0) is 6.54 Å². The molecule has 0 spiro atoms. The van der Waals surface area contributed by atoms with Crippen molar-refractivity contribution in [2.45, 2.75) is 45.2 Å². The highest BCUT2D eigenvalue weighted by atomic mass is 16.3. The number of nitrogens with one attached hydrogen (secondary N) is 1. The molecular formula is C14H18N2O. The number of nitrogens with zero attached hydrogens (tertiary/aromatic N) is 1. The number of fused-ring (bicyclic) bond motifs is 1. The number of oxazole rings is 1. The quantitative estimate of drug-likeness (QED) is 0.880. The van der Waals surface area contributed by atoms with E-state index in [1.807, 2.05) is 12.1 Å². The first-order chi connectivity index (χ1) is 8.33. The first-order valence-electron chi connectivity index (χ1n) is 6.41. The molecule has 3 nitrogen and oxygen atoms in total. The van der Waals surface area contributed by atoms with Crippen molar-refractivity contribution in [1.29, 1.82) is 0 Å². The summed E-state index contributed by atoms with van der Waals surface area (Å²) in [5, 5.41) is 3.52. The summed E-state index contributed by atoms with van der Waals surface area (Å²) < 4.78 is 5.74. The molecule has 1 aliphatic carbocycles. The van der Waals surface area contributed by atoms with E-state index < -0.39 is 0 Å². The highest BCUT2D eigenvalue weighted by Gasteiger charge is 2.15. The summed E-state index contributed by atoms with van der Waals surface area (Å²) in [6, 6.07) is 6.72. The van der Waals surface area contributed by atoms with Gasteiger partial charge in [0.05, 0.1) is 6.54 Å². The molecule has 2 aromatic rings. The molecule has 1 heterocycles. The van der Waals surface area contributed by atoms with Gasteiger partial charge >= 0.3 is 0 Å². The van der Waals surface area contributed by atoms with Crippen molar-refractivity contribution < 1.29 is 4.42 Å². The predicted molar refractivity (Wildman–Crippen MR) is 67.8 cm³/mol. The minimum Gasteiger partial charge on any atom is -0.439 e. The van der Waals surface area contributed by atoms with E-state index in [-0.39, 0.29) is 0 Å². The number of hydrogen-bond donors (Lipinski definition) is 1. The lowest BCUT2D eigenvalue weighted by molar-refractivity contribution is 0.450. The second-order valence-electron chi connectivity index (χ2n) is 4.89. The molecule has 0 amide bonds. The van der Waals surface area contributed by atoms with Crippen LogP contribution in [0.2, 0.25) is 0 Å². The zero-order valence-electron chi connectivity index (χ0n) is 10.2. The third-order valence-corrected chi connectivity index (χ3v) is 3.56. The fraction of sp³-hybridized carbons (Fsp3) is 0.500. The second-order valence-corrected chi connectivity index (χ2v) is 4.89. The summed E-state index contributed by atoms with van der Waals surface area (Å²) in [6.07, 6.45) is 5.28. The highest BCUT2D eigenvalue weighted by Crippen LogP contribution is 2.20. The fourth-order valence-electron chi connectivity index (χ4n) is 2.57. The minimum atomic E-state index is 0.658. The zero-order chi connectivity index (χ0) is 11.7. The van der Waals surface area contributed by atoms with E-state index >= 15 is 0 Å². The van der Waals surface area contributed by atoms with Crippen LogP contribution < -0.4 is 5.32 Å². The van der Waals surface area contributed by atoms with Gasteiger partial charge in [-0.25, -0.2) is 4.98 Å². The molecule has 1 aromatic carbocycles. The topological polar surface area (TPSA) is 38.1 Å². The average Bonchev–Trinajstić information content (AvgIpc) is 2.95. The average molecular weight is 230 g/mol. The standard InChI is InChI=1S/C14H18N2O/c1-10-5-4-8-12-14(10)16-13(17-12)9-15-11-6-2-3-7-11/h4-5,8,11,15H,2-3,6-7,9H2,1H3. The molecular weight excluding hydrogens is 212 g/mol. The van der Waals surface area contributed by atoms with Crippen molar-refractivity contribution in [3.05, 3.63) is 29.7 Å². The summed E-state index contributed by atoms with van der Waals surface area (Å²) in [5.41, 5.74) is 3.07. The number of aryl methyl sites for hydroxylation is 1. The Morgan fingerprint density at radius 3 is 2.94 bits per heavy atom. The number of aromatic nitrogens is 1. The predicted octanol–water partition coefficient (Wildman–Crippen LogP) is 3.17. The molecule has 0 radical (unpaired) electrons. The van der Waals surface area contributed by atoms with E-state index in [4.69, 9.17) is 4.42 Å². The van der Waals surface area contributed by atoms with E-state index in [0.717, 1.165) is 23.5 Å². The summed E-state index contributed by atoms with van der Waals surface area (Å²) in [5.74, 6) is 0.807. The molecule has 3 rings (SSSR count). The fourth-order valence-corrected chi connectivity index (χ4v) is 2.57. The Hall–Kier alpha value is -1.35. The molecule has 1 N–H and O–H groups in total. The van der Waals surface area contributed by atoms with E-state index in [9.17, 15) is 0 Å². The van der Waals surface area contributed by atoms with Crippen LogP contribution in [-0.4, -0.2) is 11.0 Å². The van der Waals surface area contributed by atoms with Gasteiger partial charge in [-0.1, -0.05) is 25.0 Å². The van der Waals surface area contributed by atoms with Crippen LogP contribution >= 0.6 is 0 Å². The summed E-state index contributed by atoms with van der Waals surface area (Å²) in [4.78, 5) is 4.54. The smallest absolute Gasteiger partial charge is 0.209 e. The Morgan fingerprint density at radius 2 is 2.18 bits per heavy atom. The zero-order valence-corrected chi connectivity index (χ0v) is 10.2. The van der Waals surface area contributed by atoms with Gasteiger partial charge in [0.2, 0.25) is 5.89 Å². The molecule has 1 fully saturated rings. The molecule has 1 aromatic heterocycles. The summed E-state index contributed by atoms with van der Waals surface area (Å²) in [7, 11) is 0. The molecule has 1 aliphatic rings. The van der Waals surface area contributed by atoms with Crippen LogP contribution in [0.5, 0.6) is 0 Å². The third-order valence-electron chi connectivity index (χ3n) is 3.56. The lowest BCUT2D eigenvalue weighted by Crippen LogP contribution is -2.25. The van der Waals surface area contributed by atoms with E-state index in [2.05, 4.69) is 23.3 Å². The molecule has 90 valence electrons. The van der Waals surface area contributed by atoms with Crippen molar-refractivity contribution in [3.8, 4) is 0 Å². The maximum absolute atomic E-state index is 5.74. The second kappa shape index (κ2) is 4.49. The maximum Gasteiger partial charge on any atom is 0.209 e. The largest absolute Gasteiger partial charge is 0.439 e. The van der Waals surface area contributed by atoms with Crippen LogP contribution in [0.1, 0.15) is 37.1 Å². The summed E-state index contributed by atoms with van der Waals surface area (Å²) >= 11 is 0. The Kier molecular flexibility index (Phi) is 2.85. The Balaban J connectivity index is 1.74. The van der Waals surface area contributed by atoms with Crippen molar-refractivity contribution >= 4 is 11.1 Å². The SMILES string of the molecule is Cc1cccc2oc(CNC3CCCC3)nc12. The van der Waals surface area contributed by atoms with Gasteiger partial charge in [0.25, 0.3) is 0 Å². The third kappa shape index (κ3) is 2.20. The van der Waals surface area contributed by atoms with Crippen LogP contribution in [0.15, 0.2) is 22.6 Å². The summed E-state index contributed by atoms with van der Waals surface area (Å²) in [6.45, 7) is 2.82. The van der Waals surface area contributed by atoms with Crippen LogP contribution in [0.25, 0.3) is 11.1 Å². The van der Waals surface area contributed by atoms with Crippen molar-refractivity contribution in [3.63, 3.8) is 0 Å². The van der Waals surface area contributed by atoms with E-state index in [1.54, 1.807) is 0 Å². The van der Waals surface area contributed by atoms with Gasteiger partial charge in [-0.3, -0.25) is 0 Å². The first-order valence-corrected chi connectivity index (χ1v) is 6.41. The molecule has 3 heteroatoms. The number of benzene rings is 1. The van der Waals surface area contributed by atoms with Gasteiger partial charge in [-0.15, -0.1) is 0 Å². The van der Waals surface area contributed by atoms with Gasteiger partial charge in [-0.2, -0.15) is 0 Å². The first kappa shape index (κ1) is 10.8. The molecule has 0 aliphatic heterocycles. The Morgan fingerprint density at radius 1 is 1.35 bits per heavy atom. The Labute approximate surface area is 101 Å². The van der Waals surface area contributed by atoms with Crippen LogP contribution in [0.4, 0.5) is 0 Å². The van der Waals surface area contributed by atoms with Gasteiger partial charge in [0.1, 0.15) is 5.52 Å². The highest BCUT2D eigenvalue weighted by molar-refractivity contribution is 5.76. The van der Waals surface area contributed by atoms with Crippen LogP contribution in [0, 0.1) is 6.92 Å². The Bertz CT molecular complexity index is 512. The molecule has 0 bridgehead atoms. The molecule has 1 saturated carbocycles. The number of hydrogen-bond acceptors (Lipinski definition) is 3. The number of rotatable bonds is 3. The molecule has 17 heavy (non-hydrogen) atoms. The monoisotopic (exact) mass is 230 g/mol. The normalized spacial score (nSPS) is 17.0. The maximum atomic E-state index is 5.74. The minimum absolute atomic E-state index is 0.658. The van der Waals surface area contributed by atoms with E-state index in [1.165, 1.54) is 31.2 Å². The molecule has 0 saturated heterocycles. The van der Waals surface area contributed by atoms with Gasteiger partial charge in [0, 0.05) is 6.04 Å². The van der Waals surface area contributed by atoms with E-state index in [0.29, 0.717) is 6.04 Å². The lowest BCUT2D eigenvalue weighted by Gasteiger charge is -2.08. The molecule has 0 atom stereocenters.